The third kappa shape index (κ3) is 2.63. The van der Waals surface area contributed by atoms with Gasteiger partial charge in [0.1, 0.15) is 0 Å². The lowest BCUT2D eigenvalue weighted by Gasteiger charge is -2.34. The van der Waals surface area contributed by atoms with E-state index in [2.05, 4.69) is 55.4 Å². The second-order valence-corrected chi connectivity index (χ2v) is 5.42. The molecule has 1 atom stereocenters. The molecular formula is C15H24N2. The summed E-state index contributed by atoms with van der Waals surface area (Å²) >= 11 is 0. The zero-order chi connectivity index (χ0) is 12.3. The largest absolute Gasteiger partial charge is 0.374 e. The Morgan fingerprint density at radius 3 is 2.71 bits per heavy atom. The molecule has 1 heterocycles. The number of benzene rings is 1. The summed E-state index contributed by atoms with van der Waals surface area (Å²) in [5.74, 6) is 0. The standard InChI is InChI=1S/C15H24N2/c1-4-15(9-10-16-11-15)12-17(3)14-8-6-5-7-13(14)2/h5-8,16H,4,9-12H2,1-3H3. The van der Waals surface area contributed by atoms with Crippen molar-refractivity contribution in [1.29, 1.82) is 0 Å². The Labute approximate surface area is 105 Å². The molecule has 1 aliphatic rings. The monoisotopic (exact) mass is 232 g/mol. The van der Waals surface area contributed by atoms with Crippen molar-refractivity contribution in [2.45, 2.75) is 26.7 Å². The van der Waals surface area contributed by atoms with Crippen molar-refractivity contribution < 1.29 is 0 Å². The average molecular weight is 232 g/mol. The van der Waals surface area contributed by atoms with E-state index in [0.717, 1.165) is 6.54 Å². The van der Waals surface area contributed by atoms with Crippen molar-refractivity contribution in [2.24, 2.45) is 5.41 Å². The summed E-state index contributed by atoms with van der Waals surface area (Å²) in [4.78, 5) is 2.42. The van der Waals surface area contributed by atoms with Crippen LogP contribution in [-0.2, 0) is 0 Å². The summed E-state index contributed by atoms with van der Waals surface area (Å²) in [6.45, 7) is 8.01. The van der Waals surface area contributed by atoms with Crippen LogP contribution in [0.1, 0.15) is 25.3 Å². The molecule has 0 aliphatic carbocycles. The van der Waals surface area contributed by atoms with Crippen LogP contribution in [0.5, 0.6) is 0 Å². The summed E-state index contributed by atoms with van der Waals surface area (Å²) in [5.41, 5.74) is 3.20. The van der Waals surface area contributed by atoms with Gasteiger partial charge in [-0.3, -0.25) is 0 Å². The van der Waals surface area contributed by atoms with Crippen LogP contribution in [0.15, 0.2) is 24.3 Å². The van der Waals surface area contributed by atoms with E-state index >= 15 is 0 Å². The maximum atomic E-state index is 3.51. The number of hydrogen-bond donors (Lipinski definition) is 1. The lowest BCUT2D eigenvalue weighted by molar-refractivity contribution is 0.317. The summed E-state index contributed by atoms with van der Waals surface area (Å²) in [6, 6.07) is 8.65. The van der Waals surface area contributed by atoms with Crippen molar-refractivity contribution in [2.75, 3.05) is 31.6 Å². The van der Waals surface area contributed by atoms with Gasteiger partial charge in [0.15, 0.2) is 0 Å². The second kappa shape index (κ2) is 5.09. The van der Waals surface area contributed by atoms with E-state index in [1.54, 1.807) is 0 Å². The van der Waals surface area contributed by atoms with E-state index < -0.39 is 0 Å². The van der Waals surface area contributed by atoms with Gasteiger partial charge in [0, 0.05) is 31.2 Å². The lowest BCUT2D eigenvalue weighted by Crippen LogP contribution is -2.37. The van der Waals surface area contributed by atoms with E-state index in [1.807, 2.05) is 0 Å². The first kappa shape index (κ1) is 12.4. The molecule has 0 amide bonds. The smallest absolute Gasteiger partial charge is 0.0393 e. The molecule has 2 nitrogen and oxygen atoms in total. The fraction of sp³-hybridized carbons (Fsp3) is 0.600. The van der Waals surface area contributed by atoms with Crippen LogP contribution < -0.4 is 10.2 Å². The van der Waals surface area contributed by atoms with Gasteiger partial charge >= 0.3 is 0 Å². The molecule has 1 N–H and O–H groups in total. The maximum Gasteiger partial charge on any atom is 0.0393 e. The number of hydrogen-bond acceptors (Lipinski definition) is 2. The van der Waals surface area contributed by atoms with Gasteiger partial charge in [-0.1, -0.05) is 25.1 Å². The van der Waals surface area contributed by atoms with Crippen molar-refractivity contribution in [1.82, 2.24) is 5.32 Å². The molecule has 0 radical (unpaired) electrons. The lowest BCUT2D eigenvalue weighted by atomic mass is 9.83. The van der Waals surface area contributed by atoms with Gasteiger partial charge in [-0.15, -0.1) is 0 Å². The molecule has 1 aromatic carbocycles. The summed E-state index contributed by atoms with van der Waals surface area (Å²) < 4.78 is 0. The summed E-state index contributed by atoms with van der Waals surface area (Å²) in [5, 5.41) is 3.51. The van der Waals surface area contributed by atoms with Crippen LogP contribution in [0.25, 0.3) is 0 Å². The first-order valence-electron chi connectivity index (χ1n) is 6.64. The molecule has 94 valence electrons. The number of nitrogens with one attached hydrogen (secondary N) is 1. The Balaban J connectivity index is 2.11. The van der Waals surface area contributed by atoms with Gasteiger partial charge in [0.2, 0.25) is 0 Å². The van der Waals surface area contributed by atoms with Gasteiger partial charge < -0.3 is 10.2 Å². The fourth-order valence-electron chi connectivity index (χ4n) is 2.92. The van der Waals surface area contributed by atoms with Gasteiger partial charge in [-0.2, -0.15) is 0 Å². The van der Waals surface area contributed by atoms with Crippen molar-refractivity contribution in [3.05, 3.63) is 29.8 Å². The Hall–Kier alpha value is -1.02. The Kier molecular flexibility index (Phi) is 3.72. The Morgan fingerprint density at radius 1 is 1.35 bits per heavy atom. The Bertz CT molecular complexity index is 367. The summed E-state index contributed by atoms with van der Waals surface area (Å²) in [7, 11) is 2.22. The van der Waals surface area contributed by atoms with Crippen LogP contribution in [-0.4, -0.2) is 26.7 Å². The molecule has 2 rings (SSSR count). The highest BCUT2D eigenvalue weighted by Crippen LogP contribution is 2.32. The molecule has 0 bridgehead atoms. The SMILES string of the molecule is CCC1(CN(C)c2ccccc2C)CCNC1. The van der Waals surface area contributed by atoms with Crippen molar-refractivity contribution in [3.8, 4) is 0 Å². The molecule has 2 heteroatoms. The topological polar surface area (TPSA) is 15.3 Å². The van der Waals surface area contributed by atoms with Crippen LogP contribution in [0.2, 0.25) is 0 Å². The molecule has 17 heavy (non-hydrogen) atoms. The van der Waals surface area contributed by atoms with E-state index in [9.17, 15) is 0 Å². The van der Waals surface area contributed by atoms with Crippen LogP contribution in [0.4, 0.5) is 5.69 Å². The highest BCUT2D eigenvalue weighted by Gasteiger charge is 2.33. The third-order valence-electron chi connectivity index (χ3n) is 4.18. The molecule has 1 saturated heterocycles. The number of nitrogens with zero attached hydrogens (tertiary/aromatic N) is 1. The van der Waals surface area contributed by atoms with Crippen LogP contribution in [0.3, 0.4) is 0 Å². The minimum Gasteiger partial charge on any atom is -0.374 e. The molecular weight excluding hydrogens is 208 g/mol. The quantitative estimate of drug-likeness (QED) is 0.858. The number of anilines is 1. The first-order chi connectivity index (χ1) is 8.17. The molecule has 0 saturated carbocycles. The minimum absolute atomic E-state index is 0.469. The number of para-hydroxylation sites is 1. The zero-order valence-electron chi connectivity index (χ0n) is 11.3. The number of aryl methyl sites for hydroxylation is 1. The summed E-state index contributed by atoms with van der Waals surface area (Å²) in [6.07, 6.45) is 2.57. The van der Waals surface area contributed by atoms with E-state index in [1.165, 1.54) is 37.2 Å². The van der Waals surface area contributed by atoms with Gasteiger partial charge in [0.25, 0.3) is 0 Å². The Morgan fingerprint density at radius 2 is 2.12 bits per heavy atom. The minimum atomic E-state index is 0.469. The highest BCUT2D eigenvalue weighted by molar-refractivity contribution is 5.52. The predicted octanol–water partition coefficient (Wildman–Crippen LogP) is 2.82. The van der Waals surface area contributed by atoms with Crippen molar-refractivity contribution >= 4 is 5.69 Å². The van der Waals surface area contributed by atoms with E-state index in [0.29, 0.717) is 5.41 Å². The predicted molar refractivity (Wildman–Crippen MR) is 74.7 cm³/mol. The molecule has 0 spiro atoms. The first-order valence-corrected chi connectivity index (χ1v) is 6.64. The molecule has 0 aromatic heterocycles. The normalized spacial score (nSPS) is 23.9. The van der Waals surface area contributed by atoms with E-state index in [-0.39, 0.29) is 0 Å². The fourth-order valence-corrected chi connectivity index (χ4v) is 2.92. The number of rotatable bonds is 4. The van der Waals surface area contributed by atoms with Crippen LogP contribution >= 0.6 is 0 Å². The molecule has 1 fully saturated rings. The van der Waals surface area contributed by atoms with E-state index in [4.69, 9.17) is 0 Å². The van der Waals surface area contributed by atoms with Gasteiger partial charge in [-0.25, -0.2) is 0 Å². The maximum absolute atomic E-state index is 3.51. The third-order valence-corrected chi connectivity index (χ3v) is 4.18. The van der Waals surface area contributed by atoms with Gasteiger partial charge in [0.05, 0.1) is 0 Å². The molecule has 1 unspecified atom stereocenters. The molecule has 1 aromatic rings. The zero-order valence-corrected chi connectivity index (χ0v) is 11.3. The average Bonchev–Trinajstić information content (AvgIpc) is 2.79. The molecule has 1 aliphatic heterocycles. The second-order valence-electron chi connectivity index (χ2n) is 5.42. The van der Waals surface area contributed by atoms with Crippen LogP contribution in [0, 0.1) is 12.3 Å². The highest BCUT2D eigenvalue weighted by atomic mass is 15.1. The van der Waals surface area contributed by atoms with Gasteiger partial charge in [-0.05, 0) is 37.9 Å². The van der Waals surface area contributed by atoms with Crippen molar-refractivity contribution in [3.63, 3.8) is 0 Å².